The van der Waals surface area contributed by atoms with Crippen LogP contribution in [-0.4, -0.2) is 61.3 Å². The average molecular weight is 757 g/mol. The van der Waals surface area contributed by atoms with Gasteiger partial charge in [0.05, 0.1) is 52.4 Å². The van der Waals surface area contributed by atoms with E-state index >= 15 is 0 Å². The van der Waals surface area contributed by atoms with E-state index in [1.165, 1.54) is 215 Å². The summed E-state index contributed by atoms with van der Waals surface area (Å²) in [5, 5.41) is 0. The molecule has 0 aromatic heterocycles. The van der Waals surface area contributed by atoms with E-state index in [0.29, 0.717) is 0 Å². The predicted molar refractivity (Wildman–Crippen MR) is 197 cm³/mol. The Hall–Kier alpha value is 0.128. The van der Waals surface area contributed by atoms with Crippen LogP contribution in [0.15, 0.2) is 0 Å². The quantitative estimate of drug-likeness (QED) is 0.0389. The van der Waals surface area contributed by atoms with Gasteiger partial charge in [0.2, 0.25) is 0 Å². The molecule has 0 spiro atoms. The molecular formula is C40H88MoN2O4. The van der Waals surface area contributed by atoms with Crippen LogP contribution < -0.4 is 7.52 Å². The molecule has 0 amide bonds. The van der Waals surface area contributed by atoms with Crippen LogP contribution in [0, 0.1) is 0 Å². The number of quaternary nitrogens is 2. The normalized spacial score (nSPS) is 12.0. The van der Waals surface area contributed by atoms with E-state index < -0.39 is 16.7 Å². The number of hydrogen-bond donors (Lipinski definition) is 0. The van der Waals surface area contributed by atoms with Crippen LogP contribution in [-0.2, 0) is 23.5 Å². The maximum atomic E-state index is 8.63. The van der Waals surface area contributed by atoms with Crippen molar-refractivity contribution in [1.82, 2.24) is 0 Å². The summed E-state index contributed by atoms with van der Waals surface area (Å²) in [6.45, 7) is 30.3. The van der Waals surface area contributed by atoms with Crippen LogP contribution in [0.2, 0.25) is 0 Å². The molecule has 0 aliphatic heterocycles. The van der Waals surface area contributed by atoms with E-state index in [9.17, 15) is 0 Å². The van der Waals surface area contributed by atoms with Gasteiger partial charge in [0.15, 0.2) is 0 Å². The molecule has 0 aliphatic carbocycles. The van der Waals surface area contributed by atoms with Gasteiger partial charge in [0.25, 0.3) is 0 Å². The standard InChI is InChI=1S/2C20H44N.Mo.4O/c2*1-5-9-13-17-21(18-14-10-6-2,19-15-11-7-3)20-16-12-8-4;;;;;/h2*5-20H2,1-4H3;;;;;/q2*+1;;;;2*-1. The topological polar surface area (TPSA) is 80.3 Å². The first-order valence-corrected chi connectivity index (χ1v) is 24.1. The van der Waals surface area contributed by atoms with Crippen LogP contribution in [0.25, 0.3) is 0 Å². The second-order valence-electron chi connectivity index (χ2n) is 14.5. The molecule has 0 atom stereocenters. The van der Waals surface area contributed by atoms with Gasteiger partial charge in [-0.25, -0.2) is 0 Å². The molecule has 0 rings (SSSR count). The maximum absolute atomic E-state index is 8.63. The van der Waals surface area contributed by atoms with E-state index in [1.54, 1.807) is 0 Å². The zero-order chi connectivity index (χ0) is 36.1. The second kappa shape index (κ2) is 37.4. The molecule has 0 aliphatic rings. The van der Waals surface area contributed by atoms with Crippen LogP contribution in [0.3, 0.4) is 0 Å². The van der Waals surface area contributed by atoms with Crippen molar-refractivity contribution in [2.45, 2.75) is 209 Å². The van der Waals surface area contributed by atoms with Gasteiger partial charge >= 0.3 is 31.1 Å². The van der Waals surface area contributed by atoms with Gasteiger partial charge in [-0.3, -0.25) is 0 Å². The summed E-state index contributed by atoms with van der Waals surface area (Å²) >= 11 is -6.02. The fourth-order valence-electron chi connectivity index (χ4n) is 6.92. The van der Waals surface area contributed by atoms with Gasteiger partial charge in [-0.2, -0.15) is 0 Å². The molecule has 0 radical (unpaired) electrons. The van der Waals surface area contributed by atoms with Crippen molar-refractivity contribution in [3.8, 4) is 0 Å². The first-order chi connectivity index (χ1) is 22.5. The fraction of sp³-hybridized carbons (Fsp3) is 1.00. The minimum atomic E-state index is -6.02. The van der Waals surface area contributed by atoms with Crippen LogP contribution in [0.5, 0.6) is 0 Å². The SMILES string of the molecule is CCCCC[N+](CCCCC)(CCCCC)CCCCC.CCCCC[N+](CCCCC)(CCCCC)CCCCC.[O]=[Mo](=[O])([O-])[O-]. The Kier molecular flexibility index (Phi) is 41.0. The van der Waals surface area contributed by atoms with Crippen LogP contribution in [0.1, 0.15) is 209 Å². The molecule has 0 N–H and O–H groups in total. The number of hydrogen-bond acceptors (Lipinski definition) is 4. The first-order valence-electron chi connectivity index (χ1n) is 20.9. The fourth-order valence-corrected chi connectivity index (χ4v) is 6.92. The van der Waals surface area contributed by atoms with Gasteiger partial charge in [-0.15, -0.1) is 0 Å². The number of rotatable bonds is 32. The van der Waals surface area contributed by atoms with Crippen molar-refractivity contribution in [2.75, 3.05) is 52.4 Å². The summed E-state index contributed by atoms with van der Waals surface area (Å²) in [5.74, 6) is 0. The third-order valence-electron chi connectivity index (χ3n) is 9.89. The molecule has 0 unspecified atom stereocenters. The first kappa shape index (κ1) is 51.5. The molecule has 0 bridgehead atoms. The Labute approximate surface area is 300 Å². The molecule has 0 heterocycles. The van der Waals surface area contributed by atoms with E-state index in [2.05, 4.69) is 55.4 Å². The Morgan fingerprint density at radius 1 is 0.298 bits per heavy atom. The molecule has 0 aromatic rings. The van der Waals surface area contributed by atoms with E-state index in [4.69, 9.17) is 14.3 Å². The summed E-state index contributed by atoms with van der Waals surface area (Å²) in [7, 11) is 0. The molecule has 0 fully saturated rings. The summed E-state index contributed by atoms with van der Waals surface area (Å²) in [4.78, 5) is 0. The number of unbranched alkanes of at least 4 members (excludes halogenated alkanes) is 16. The van der Waals surface area contributed by atoms with E-state index in [1.807, 2.05) is 0 Å². The Balaban J connectivity index is -0.000000719. The summed E-state index contributed by atoms with van der Waals surface area (Å²) < 4.78 is 37.4. The summed E-state index contributed by atoms with van der Waals surface area (Å²) in [6, 6.07) is 0. The molecule has 7 heteroatoms. The van der Waals surface area contributed by atoms with Gasteiger partial charge < -0.3 is 8.97 Å². The van der Waals surface area contributed by atoms with Crippen molar-refractivity contribution in [3.05, 3.63) is 0 Å². The van der Waals surface area contributed by atoms with Crippen LogP contribution >= 0.6 is 0 Å². The van der Waals surface area contributed by atoms with Gasteiger partial charge in [-0.1, -0.05) is 107 Å². The third-order valence-corrected chi connectivity index (χ3v) is 9.89. The van der Waals surface area contributed by atoms with Crippen molar-refractivity contribution in [3.63, 3.8) is 0 Å². The molecule has 288 valence electrons. The summed E-state index contributed by atoms with van der Waals surface area (Å²) in [6.07, 6.45) is 33.8. The van der Waals surface area contributed by atoms with Crippen molar-refractivity contribution in [1.29, 1.82) is 0 Å². The Morgan fingerprint density at radius 2 is 0.404 bits per heavy atom. The number of nitrogens with zero attached hydrogens (tertiary/aromatic N) is 2. The average Bonchev–Trinajstić information content (AvgIpc) is 3.02. The Morgan fingerprint density at radius 3 is 0.489 bits per heavy atom. The minimum absolute atomic E-state index is 1.36. The van der Waals surface area contributed by atoms with E-state index in [-0.39, 0.29) is 0 Å². The van der Waals surface area contributed by atoms with Crippen molar-refractivity contribution < 1.29 is 40.0 Å². The summed E-state index contributed by atoms with van der Waals surface area (Å²) in [5.41, 5.74) is 0. The van der Waals surface area contributed by atoms with Crippen molar-refractivity contribution >= 4 is 0 Å². The van der Waals surface area contributed by atoms with Gasteiger partial charge in [0, 0.05) is 0 Å². The molecule has 0 saturated carbocycles. The zero-order valence-corrected chi connectivity index (χ0v) is 35.6. The molecular weight excluding hydrogens is 668 g/mol. The van der Waals surface area contributed by atoms with Crippen LogP contribution in [0.4, 0.5) is 0 Å². The molecule has 0 aromatic carbocycles. The van der Waals surface area contributed by atoms with Gasteiger partial charge in [-0.05, 0) is 103 Å². The molecule has 0 saturated heterocycles. The zero-order valence-electron chi connectivity index (χ0n) is 33.6. The predicted octanol–water partition coefficient (Wildman–Crippen LogP) is 10.5. The van der Waals surface area contributed by atoms with Crippen molar-refractivity contribution in [2.24, 2.45) is 0 Å². The van der Waals surface area contributed by atoms with Gasteiger partial charge in [0.1, 0.15) is 0 Å². The Bertz CT molecular complexity index is 559. The third kappa shape index (κ3) is 38.8. The molecule has 47 heavy (non-hydrogen) atoms. The molecule has 6 nitrogen and oxygen atoms in total. The van der Waals surface area contributed by atoms with E-state index in [0.717, 1.165) is 0 Å². The second-order valence-corrected chi connectivity index (χ2v) is 16.5. The monoisotopic (exact) mass is 759 g/mol.